The molecule has 0 spiro atoms. The Kier molecular flexibility index (Phi) is 10.7. The van der Waals surface area contributed by atoms with Crippen LogP contribution in [0.15, 0.2) is 48.7 Å². The first kappa shape index (κ1) is 31.8. The number of fused-ring (bicyclic) bond motifs is 1. The van der Waals surface area contributed by atoms with Gasteiger partial charge in [0.25, 0.3) is 5.91 Å². The number of alkyl halides is 3. The predicted octanol–water partition coefficient (Wildman–Crippen LogP) is 5.26. The summed E-state index contributed by atoms with van der Waals surface area (Å²) in [4.78, 5) is 24.3. The lowest BCUT2D eigenvalue weighted by atomic mass is 9.97. The average molecular weight is 578 g/mol. The van der Waals surface area contributed by atoms with E-state index in [0.29, 0.717) is 31.5 Å². The zero-order valence-corrected chi connectivity index (χ0v) is 23.8. The van der Waals surface area contributed by atoms with Gasteiger partial charge in [-0.25, -0.2) is 0 Å². The van der Waals surface area contributed by atoms with Crippen LogP contribution in [-0.4, -0.2) is 55.0 Å². The molecular weight excluding hydrogens is 539 g/mol. The van der Waals surface area contributed by atoms with E-state index in [1.54, 1.807) is 45.0 Å². The summed E-state index contributed by atoms with van der Waals surface area (Å²) in [5.74, 6) is -0.523. The highest BCUT2D eigenvalue weighted by Gasteiger charge is 2.29. The Labute approximate surface area is 237 Å². The molecule has 0 aliphatic rings. The van der Waals surface area contributed by atoms with Crippen LogP contribution < -0.4 is 20.5 Å². The van der Waals surface area contributed by atoms with Gasteiger partial charge in [-0.05, 0) is 76.4 Å². The zero-order valence-electron chi connectivity index (χ0n) is 23.8. The number of amides is 1. The van der Waals surface area contributed by atoms with Crippen LogP contribution in [0.5, 0.6) is 11.5 Å². The summed E-state index contributed by atoms with van der Waals surface area (Å²) < 4.78 is 55.3. The average Bonchev–Trinajstić information content (AvgIpc) is 3.29. The molecule has 11 heteroatoms. The number of halogens is 3. The number of rotatable bonds is 14. The van der Waals surface area contributed by atoms with Crippen LogP contribution in [0.2, 0.25) is 0 Å². The third-order valence-electron chi connectivity index (χ3n) is 6.21. The molecule has 0 saturated heterocycles. The van der Waals surface area contributed by atoms with Crippen molar-refractivity contribution in [3.63, 3.8) is 0 Å². The van der Waals surface area contributed by atoms with Crippen LogP contribution in [0.25, 0.3) is 10.9 Å². The van der Waals surface area contributed by atoms with Gasteiger partial charge in [0, 0.05) is 30.7 Å². The maximum absolute atomic E-state index is 12.5. The summed E-state index contributed by atoms with van der Waals surface area (Å²) in [6.07, 6.45) is -1.35. The highest BCUT2D eigenvalue weighted by molar-refractivity contribution is 6.05. The molecule has 3 aromatic rings. The molecule has 1 atom stereocenters. The monoisotopic (exact) mass is 577 g/mol. The predicted molar refractivity (Wildman–Crippen MR) is 150 cm³/mol. The Morgan fingerprint density at radius 1 is 1.02 bits per heavy atom. The van der Waals surface area contributed by atoms with Gasteiger partial charge in [0.05, 0.1) is 23.1 Å². The highest BCUT2D eigenvalue weighted by atomic mass is 19.4. The lowest BCUT2D eigenvalue weighted by molar-refractivity contribution is -0.154. The molecule has 41 heavy (non-hydrogen) atoms. The molecule has 1 unspecified atom stereocenters. The van der Waals surface area contributed by atoms with Crippen molar-refractivity contribution in [2.24, 2.45) is 11.1 Å². The third kappa shape index (κ3) is 9.70. The Morgan fingerprint density at radius 3 is 2.34 bits per heavy atom. The van der Waals surface area contributed by atoms with Gasteiger partial charge < -0.3 is 29.8 Å². The third-order valence-corrected chi connectivity index (χ3v) is 6.21. The standard InChI is InChI=1S/C30H38F3N3O5/c1-20(35-11-15-39-24-8-5-6-9-25(24)41-19-30(31,32)33)16-21-17-22-10-13-36(26(22)23(18-21)27(34)37)12-7-14-40-28(38)29(2,3)4/h5-6,8-10,13,17-18,20,35H,7,11-12,14-16,19H2,1-4H3,(H2,34,37). The number of para-hydroxylation sites is 2. The van der Waals surface area contributed by atoms with E-state index in [-0.39, 0.29) is 36.7 Å². The van der Waals surface area contributed by atoms with Crippen LogP contribution >= 0.6 is 0 Å². The lowest BCUT2D eigenvalue weighted by Gasteiger charge is -2.17. The van der Waals surface area contributed by atoms with E-state index in [2.05, 4.69) is 5.32 Å². The van der Waals surface area contributed by atoms with Crippen molar-refractivity contribution >= 4 is 22.8 Å². The number of esters is 1. The molecule has 0 saturated carbocycles. The molecule has 8 nitrogen and oxygen atoms in total. The number of nitrogens with zero attached hydrogens (tertiary/aromatic N) is 1. The number of carbonyl (C=O) groups is 2. The molecule has 0 aliphatic carbocycles. The molecule has 1 aromatic heterocycles. The molecule has 0 radical (unpaired) electrons. The van der Waals surface area contributed by atoms with Crippen LogP contribution in [-0.2, 0) is 22.5 Å². The van der Waals surface area contributed by atoms with Gasteiger partial charge in [0.1, 0.15) is 6.61 Å². The molecule has 2 aromatic carbocycles. The van der Waals surface area contributed by atoms with E-state index in [4.69, 9.17) is 19.9 Å². The Morgan fingerprint density at radius 2 is 1.71 bits per heavy atom. The summed E-state index contributed by atoms with van der Waals surface area (Å²) in [5.41, 5.74) is 7.26. The maximum atomic E-state index is 12.5. The van der Waals surface area contributed by atoms with Crippen LogP contribution in [0, 0.1) is 5.41 Å². The van der Waals surface area contributed by atoms with Crippen molar-refractivity contribution < 1.29 is 37.0 Å². The normalized spacial score (nSPS) is 12.8. The number of nitrogens with one attached hydrogen (secondary N) is 1. The van der Waals surface area contributed by atoms with E-state index in [0.717, 1.165) is 16.5 Å². The molecule has 224 valence electrons. The van der Waals surface area contributed by atoms with E-state index < -0.39 is 24.1 Å². The number of benzene rings is 2. The summed E-state index contributed by atoms with van der Waals surface area (Å²) in [5, 5.41) is 4.21. The van der Waals surface area contributed by atoms with Gasteiger partial charge in [-0.3, -0.25) is 9.59 Å². The number of hydrogen-bond donors (Lipinski definition) is 2. The highest BCUT2D eigenvalue weighted by Crippen LogP contribution is 2.28. The summed E-state index contributed by atoms with van der Waals surface area (Å²) in [6, 6.07) is 12.0. The molecule has 3 N–H and O–H groups in total. The van der Waals surface area contributed by atoms with E-state index >= 15 is 0 Å². The molecule has 1 heterocycles. The van der Waals surface area contributed by atoms with Crippen molar-refractivity contribution in [2.75, 3.05) is 26.4 Å². The Hall–Kier alpha value is -3.73. The number of aromatic nitrogens is 1. The fourth-order valence-electron chi connectivity index (χ4n) is 4.26. The summed E-state index contributed by atoms with van der Waals surface area (Å²) >= 11 is 0. The Balaban J connectivity index is 1.55. The topological polar surface area (TPSA) is 105 Å². The Bertz CT molecular complexity index is 1330. The van der Waals surface area contributed by atoms with Crippen LogP contribution in [0.1, 0.15) is 50.0 Å². The van der Waals surface area contributed by atoms with Gasteiger partial charge >= 0.3 is 12.1 Å². The summed E-state index contributed by atoms with van der Waals surface area (Å²) in [7, 11) is 0. The van der Waals surface area contributed by atoms with Crippen LogP contribution in [0.4, 0.5) is 13.2 Å². The van der Waals surface area contributed by atoms with Crippen molar-refractivity contribution in [3.8, 4) is 11.5 Å². The van der Waals surface area contributed by atoms with Crippen molar-refractivity contribution in [2.45, 2.75) is 59.3 Å². The number of nitrogens with two attached hydrogens (primary N) is 1. The minimum Gasteiger partial charge on any atom is -0.488 e. The van der Waals surface area contributed by atoms with Crippen molar-refractivity contribution in [1.29, 1.82) is 0 Å². The smallest absolute Gasteiger partial charge is 0.422 e. The minimum atomic E-state index is -4.44. The van der Waals surface area contributed by atoms with E-state index in [9.17, 15) is 22.8 Å². The van der Waals surface area contributed by atoms with Gasteiger partial charge in [-0.2, -0.15) is 13.2 Å². The number of carbonyl (C=O) groups excluding carboxylic acids is 2. The maximum Gasteiger partial charge on any atom is 0.422 e. The number of primary amides is 1. The van der Waals surface area contributed by atoms with E-state index in [1.165, 1.54) is 6.07 Å². The minimum absolute atomic E-state index is 0.00749. The quantitative estimate of drug-likeness (QED) is 0.200. The number of ether oxygens (including phenoxy) is 3. The first-order chi connectivity index (χ1) is 19.2. The van der Waals surface area contributed by atoms with Crippen LogP contribution in [0.3, 0.4) is 0 Å². The van der Waals surface area contributed by atoms with Gasteiger partial charge in [0.2, 0.25) is 0 Å². The molecular formula is C30H38F3N3O5. The fraction of sp³-hybridized carbons (Fsp3) is 0.467. The lowest BCUT2D eigenvalue weighted by Crippen LogP contribution is -2.32. The fourth-order valence-corrected chi connectivity index (χ4v) is 4.26. The van der Waals surface area contributed by atoms with E-state index in [1.807, 2.05) is 29.8 Å². The molecule has 0 bridgehead atoms. The second-order valence-electron chi connectivity index (χ2n) is 11.0. The number of hydrogen-bond acceptors (Lipinski definition) is 6. The second kappa shape index (κ2) is 13.8. The molecule has 1 amide bonds. The molecule has 0 aliphatic heterocycles. The molecule has 3 rings (SSSR count). The molecule has 0 fully saturated rings. The first-order valence-electron chi connectivity index (χ1n) is 13.5. The van der Waals surface area contributed by atoms with Gasteiger partial charge in [0.15, 0.2) is 18.1 Å². The second-order valence-corrected chi connectivity index (χ2v) is 11.0. The first-order valence-corrected chi connectivity index (χ1v) is 13.5. The van der Waals surface area contributed by atoms with Crippen molar-refractivity contribution in [3.05, 3.63) is 59.8 Å². The van der Waals surface area contributed by atoms with Crippen molar-refractivity contribution in [1.82, 2.24) is 9.88 Å². The SMILES string of the molecule is CC(Cc1cc(C(N)=O)c2c(ccn2CCCOC(=O)C(C)(C)C)c1)NCCOc1ccccc1OCC(F)(F)F. The zero-order chi connectivity index (χ0) is 30.2. The van der Waals surface area contributed by atoms with Gasteiger partial charge in [-0.15, -0.1) is 0 Å². The largest absolute Gasteiger partial charge is 0.488 e. The van der Waals surface area contributed by atoms with Gasteiger partial charge in [-0.1, -0.05) is 12.1 Å². The summed E-state index contributed by atoms with van der Waals surface area (Å²) in [6.45, 7) is 7.49. The number of aryl methyl sites for hydroxylation is 1.